The summed E-state index contributed by atoms with van der Waals surface area (Å²) >= 11 is 2.24. The molecule has 0 saturated carbocycles. The molecule has 3 aromatic rings. The minimum atomic E-state index is -2.87. The van der Waals surface area contributed by atoms with E-state index in [-0.39, 0.29) is 5.04 Å². The molecule has 28 heavy (non-hydrogen) atoms. The maximum absolute atomic E-state index is 12.1. The summed E-state index contributed by atoms with van der Waals surface area (Å²) in [5, 5.41) is 2.04. The van der Waals surface area contributed by atoms with Gasteiger partial charge in [0.15, 0.2) is 0 Å². The summed E-state index contributed by atoms with van der Waals surface area (Å²) in [4.78, 5) is 16.4. The standard InChI is InChI=1S/C23H29IN2OSi/c1-23(2,16-10-5-11-17-26-18-22(24)25-19-26)28(27,20-12-6-3-7-13-20)21-14-8-4-9-15-21/h3-4,6-9,12-15,18-19,27H,5,10-11,16-17H2,1-2H3. The molecule has 148 valence electrons. The highest BCUT2D eigenvalue weighted by atomic mass is 127. The second-order valence-electron chi connectivity index (χ2n) is 8.07. The molecule has 0 atom stereocenters. The number of aryl methyl sites for hydroxylation is 1. The Morgan fingerprint density at radius 3 is 2.00 bits per heavy atom. The van der Waals surface area contributed by atoms with Crippen LogP contribution in [0.3, 0.4) is 0 Å². The van der Waals surface area contributed by atoms with Gasteiger partial charge in [0.05, 0.1) is 6.33 Å². The first-order valence-electron chi connectivity index (χ1n) is 9.94. The number of imidazole rings is 1. The maximum atomic E-state index is 12.1. The van der Waals surface area contributed by atoms with E-state index >= 15 is 0 Å². The SMILES string of the molecule is CC(C)(CCCCCn1cnc(I)c1)[Si](O)(c1ccccc1)c1ccccc1. The van der Waals surface area contributed by atoms with Crippen LogP contribution in [0.2, 0.25) is 5.04 Å². The molecule has 0 amide bonds. The van der Waals surface area contributed by atoms with E-state index in [4.69, 9.17) is 0 Å². The first-order valence-corrected chi connectivity index (χ1v) is 13.0. The minimum absolute atomic E-state index is 0.153. The number of rotatable bonds is 9. The van der Waals surface area contributed by atoms with Crippen molar-refractivity contribution in [2.75, 3.05) is 0 Å². The van der Waals surface area contributed by atoms with Gasteiger partial charge < -0.3 is 9.36 Å². The summed E-state index contributed by atoms with van der Waals surface area (Å²) in [6, 6.07) is 20.6. The Bertz CT molecular complexity index is 825. The van der Waals surface area contributed by atoms with Crippen LogP contribution >= 0.6 is 22.6 Å². The van der Waals surface area contributed by atoms with Crippen molar-refractivity contribution in [2.45, 2.75) is 51.1 Å². The zero-order valence-corrected chi connectivity index (χ0v) is 19.8. The second kappa shape index (κ2) is 9.37. The van der Waals surface area contributed by atoms with Crippen LogP contribution in [0.5, 0.6) is 0 Å². The van der Waals surface area contributed by atoms with Gasteiger partial charge in [-0.3, -0.25) is 0 Å². The summed E-state index contributed by atoms with van der Waals surface area (Å²) in [6.07, 6.45) is 8.42. The van der Waals surface area contributed by atoms with Crippen LogP contribution in [0.1, 0.15) is 39.5 Å². The molecule has 5 heteroatoms. The maximum Gasteiger partial charge on any atom is 0.258 e. The summed E-state index contributed by atoms with van der Waals surface area (Å²) < 4.78 is 3.20. The lowest BCUT2D eigenvalue weighted by Crippen LogP contribution is -2.65. The number of hydrogen-bond acceptors (Lipinski definition) is 2. The van der Waals surface area contributed by atoms with Gasteiger partial charge in [-0.2, -0.15) is 0 Å². The van der Waals surface area contributed by atoms with Gasteiger partial charge in [-0.1, -0.05) is 87.4 Å². The van der Waals surface area contributed by atoms with Crippen molar-refractivity contribution in [1.29, 1.82) is 0 Å². The number of unbranched alkanes of at least 4 members (excludes halogenated alkanes) is 2. The molecule has 1 N–H and O–H groups in total. The van der Waals surface area contributed by atoms with Crippen molar-refractivity contribution in [3.8, 4) is 0 Å². The van der Waals surface area contributed by atoms with Crippen LogP contribution in [0, 0.1) is 3.70 Å². The van der Waals surface area contributed by atoms with Crippen LogP contribution in [0.15, 0.2) is 73.2 Å². The number of halogens is 1. The van der Waals surface area contributed by atoms with Gasteiger partial charge in [-0.25, -0.2) is 4.98 Å². The molecule has 1 aromatic heterocycles. The Labute approximate surface area is 183 Å². The lowest BCUT2D eigenvalue weighted by molar-refractivity contribution is 0.444. The van der Waals surface area contributed by atoms with E-state index in [0.29, 0.717) is 0 Å². The predicted molar refractivity (Wildman–Crippen MR) is 128 cm³/mol. The summed E-state index contributed by atoms with van der Waals surface area (Å²) in [5.41, 5.74) is 0. The van der Waals surface area contributed by atoms with E-state index in [1.54, 1.807) is 0 Å². The summed E-state index contributed by atoms with van der Waals surface area (Å²) in [7, 11) is -2.87. The van der Waals surface area contributed by atoms with Crippen LogP contribution in [-0.2, 0) is 6.54 Å². The molecule has 0 aliphatic rings. The van der Waals surface area contributed by atoms with Gasteiger partial charge >= 0.3 is 0 Å². The molecule has 0 spiro atoms. The van der Waals surface area contributed by atoms with Gasteiger partial charge in [0.25, 0.3) is 8.32 Å². The zero-order valence-electron chi connectivity index (χ0n) is 16.7. The molecule has 0 bridgehead atoms. The molecular formula is C23H29IN2OSi. The zero-order chi connectivity index (χ0) is 20.0. The molecule has 3 rings (SSSR count). The van der Waals surface area contributed by atoms with Crippen LogP contribution in [0.4, 0.5) is 0 Å². The molecule has 3 nitrogen and oxygen atoms in total. The quantitative estimate of drug-likeness (QED) is 0.263. The average molecular weight is 504 g/mol. The Balaban J connectivity index is 1.70. The van der Waals surface area contributed by atoms with Crippen molar-refractivity contribution in [1.82, 2.24) is 9.55 Å². The topological polar surface area (TPSA) is 38.0 Å². The van der Waals surface area contributed by atoms with E-state index in [1.165, 1.54) is 0 Å². The minimum Gasteiger partial charge on any atom is -0.424 e. The van der Waals surface area contributed by atoms with Gasteiger partial charge in [0.1, 0.15) is 3.70 Å². The number of aromatic nitrogens is 2. The first-order chi connectivity index (χ1) is 13.4. The molecule has 0 aliphatic carbocycles. The highest BCUT2D eigenvalue weighted by Crippen LogP contribution is 2.40. The fourth-order valence-electron chi connectivity index (χ4n) is 3.98. The lowest BCUT2D eigenvalue weighted by atomic mass is 10.0. The number of benzene rings is 2. The molecule has 0 fully saturated rings. The molecule has 0 unspecified atom stereocenters. The highest BCUT2D eigenvalue weighted by Gasteiger charge is 2.49. The van der Waals surface area contributed by atoms with Gasteiger partial charge in [0.2, 0.25) is 0 Å². The van der Waals surface area contributed by atoms with E-state index in [1.807, 2.05) is 42.7 Å². The van der Waals surface area contributed by atoms with Gasteiger partial charge in [-0.05, 0) is 50.8 Å². The number of hydrogen-bond donors (Lipinski definition) is 1. The second-order valence-corrected chi connectivity index (χ2v) is 13.1. The van der Waals surface area contributed by atoms with Gasteiger partial charge in [-0.15, -0.1) is 0 Å². The van der Waals surface area contributed by atoms with Crippen molar-refractivity contribution < 1.29 is 4.80 Å². The third kappa shape index (κ3) is 4.75. The first kappa shape index (κ1) is 21.3. The third-order valence-corrected chi connectivity index (χ3v) is 10.8. The smallest absolute Gasteiger partial charge is 0.258 e. The molecule has 2 aromatic carbocycles. The Morgan fingerprint density at radius 2 is 1.50 bits per heavy atom. The van der Waals surface area contributed by atoms with Crippen molar-refractivity contribution >= 4 is 41.3 Å². The van der Waals surface area contributed by atoms with E-state index in [9.17, 15) is 4.80 Å². The van der Waals surface area contributed by atoms with Crippen molar-refractivity contribution in [2.24, 2.45) is 0 Å². The third-order valence-electron chi connectivity index (χ3n) is 5.68. The van der Waals surface area contributed by atoms with Crippen LogP contribution in [0.25, 0.3) is 0 Å². The Morgan fingerprint density at radius 1 is 0.929 bits per heavy atom. The number of nitrogens with zero attached hydrogens (tertiary/aromatic N) is 2. The predicted octanol–water partition coefficient (Wildman–Crippen LogP) is 4.58. The lowest BCUT2D eigenvalue weighted by Gasteiger charge is -2.41. The summed E-state index contributed by atoms with van der Waals surface area (Å²) in [6.45, 7) is 5.50. The van der Waals surface area contributed by atoms with Crippen LogP contribution in [-0.4, -0.2) is 22.7 Å². The highest BCUT2D eigenvalue weighted by molar-refractivity contribution is 14.1. The van der Waals surface area contributed by atoms with E-state index in [0.717, 1.165) is 46.3 Å². The normalized spacial score (nSPS) is 12.3. The van der Waals surface area contributed by atoms with Gasteiger partial charge in [0, 0.05) is 12.7 Å². The molecule has 1 heterocycles. The summed E-state index contributed by atoms with van der Waals surface area (Å²) in [5.74, 6) is 0. The largest absolute Gasteiger partial charge is 0.424 e. The Kier molecular flexibility index (Phi) is 7.12. The molecule has 0 saturated heterocycles. The van der Waals surface area contributed by atoms with Crippen LogP contribution < -0.4 is 10.4 Å². The molecular weight excluding hydrogens is 475 g/mol. The average Bonchev–Trinajstić information content (AvgIpc) is 3.13. The van der Waals surface area contributed by atoms with Crippen molar-refractivity contribution in [3.05, 3.63) is 76.9 Å². The van der Waals surface area contributed by atoms with E-state index < -0.39 is 8.32 Å². The Hall–Kier alpha value is -1.44. The fraction of sp³-hybridized carbons (Fsp3) is 0.348. The van der Waals surface area contributed by atoms with Crippen molar-refractivity contribution in [3.63, 3.8) is 0 Å². The van der Waals surface area contributed by atoms with E-state index in [2.05, 4.69) is 76.5 Å². The monoisotopic (exact) mass is 504 g/mol. The molecule has 0 aliphatic heterocycles. The molecule has 0 radical (unpaired) electrons. The fourth-order valence-corrected chi connectivity index (χ4v) is 8.25.